The Labute approximate surface area is 95.2 Å². The van der Waals surface area contributed by atoms with Gasteiger partial charge in [-0.15, -0.1) is 0 Å². The zero-order chi connectivity index (χ0) is 11.5. The van der Waals surface area contributed by atoms with E-state index in [4.69, 9.17) is 4.74 Å². The Bertz CT molecular complexity index is 370. The Balaban J connectivity index is 2.26. The number of hydrogen-bond acceptors (Lipinski definition) is 3. The largest absolute Gasteiger partial charge is 0.495 e. The van der Waals surface area contributed by atoms with Crippen molar-refractivity contribution in [2.75, 3.05) is 31.6 Å². The zero-order valence-electron chi connectivity index (χ0n) is 9.66. The van der Waals surface area contributed by atoms with E-state index in [1.807, 2.05) is 0 Å². The summed E-state index contributed by atoms with van der Waals surface area (Å²) in [5, 5.41) is 3.36. The van der Waals surface area contributed by atoms with Crippen LogP contribution in [0.4, 0.5) is 10.1 Å². The summed E-state index contributed by atoms with van der Waals surface area (Å²) < 4.78 is 18.5. The number of methoxy groups -OCH3 is 1. The van der Waals surface area contributed by atoms with Gasteiger partial charge in [-0.3, -0.25) is 0 Å². The van der Waals surface area contributed by atoms with Crippen LogP contribution in [0.1, 0.15) is 6.92 Å². The number of hydrogen-bond donors (Lipinski definition) is 1. The molecule has 2 rings (SSSR count). The number of nitrogens with one attached hydrogen (secondary N) is 1. The number of benzene rings is 1. The third kappa shape index (κ3) is 2.27. The van der Waals surface area contributed by atoms with Crippen molar-refractivity contribution in [2.24, 2.45) is 0 Å². The van der Waals surface area contributed by atoms with E-state index in [-0.39, 0.29) is 5.82 Å². The number of piperazine rings is 1. The lowest BCUT2D eigenvalue weighted by Crippen LogP contribution is -2.49. The molecule has 1 aliphatic heterocycles. The second kappa shape index (κ2) is 4.70. The molecule has 1 N–H and O–H groups in total. The molecule has 3 nitrogen and oxygen atoms in total. The molecule has 4 heteroatoms. The van der Waals surface area contributed by atoms with Gasteiger partial charge in [0.2, 0.25) is 0 Å². The number of nitrogens with zero attached hydrogens (tertiary/aromatic N) is 1. The zero-order valence-corrected chi connectivity index (χ0v) is 9.66. The molecule has 0 spiro atoms. The van der Waals surface area contributed by atoms with E-state index in [0.29, 0.717) is 6.04 Å². The topological polar surface area (TPSA) is 24.5 Å². The molecule has 0 radical (unpaired) electrons. The van der Waals surface area contributed by atoms with Crippen molar-refractivity contribution in [3.8, 4) is 5.75 Å². The molecule has 1 aliphatic rings. The molecule has 0 saturated carbocycles. The lowest BCUT2D eigenvalue weighted by molar-refractivity contribution is 0.408. The highest BCUT2D eigenvalue weighted by Crippen LogP contribution is 2.29. The second-order valence-electron chi connectivity index (χ2n) is 4.12. The van der Waals surface area contributed by atoms with Gasteiger partial charge >= 0.3 is 0 Å². The molecule has 1 atom stereocenters. The van der Waals surface area contributed by atoms with Gasteiger partial charge in [-0.05, 0) is 19.1 Å². The summed E-state index contributed by atoms with van der Waals surface area (Å²) in [5.41, 5.74) is 0.843. The fourth-order valence-corrected chi connectivity index (χ4v) is 2.06. The van der Waals surface area contributed by atoms with Crippen molar-refractivity contribution in [3.63, 3.8) is 0 Å². The van der Waals surface area contributed by atoms with Gasteiger partial charge in [0.25, 0.3) is 0 Å². The molecule has 0 bridgehead atoms. The fraction of sp³-hybridized carbons (Fsp3) is 0.500. The van der Waals surface area contributed by atoms with Gasteiger partial charge in [0.15, 0.2) is 0 Å². The molecule has 0 aromatic heterocycles. The van der Waals surface area contributed by atoms with Crippen molar-refractivity contribution < 1.29 is 9.13 Å². The minimum atomic E-state index is -0.220. The molecular formula is C12H17FN2O. The van der Waals surface area contributed by atoms with Crippen LogP contribution in [0.5, 0.6) is 5.75 Å². The average molecular weight is 224 g/mol. The smallest absolute Gasteiger partial charge is 0.142 e. The summed E-state index contributed by atoms with van der Waals surface area (Å²) in [6, 6.07) is 5.06. The summed E-state index contributed by atoms with van der Waals surface area (Å²) >= 11 is 0. The lowest BCUT2D eigenvalue weighted by atomic mass is 10.2. The normalized spacial score (nSPS) is 20.9. The molecule has 0 amide bonds. The first-order chi connectivity index (χ1) is 7.70. The van der Waals surface area contributed by atoms with Crippen LogP contribution in [0, 0.1) is 5.82 Å². The minimum Gasteiger partial charge on any atom is -0.495 e. The minimum absolute atomic E-state index is 0.220. The van der Waals surface area contributed by atoms with Crippen LogP contribution in [0.15, 0.2) is 18.2 Å². The molecule has 1 aromatic carbocycles. The highest BCUT2D eigenvalue weighted by Gasteiger charge is 2.19. The molecule has 88 valence electrons. The van der Waals surface area contributed by atoms with Crippen LogP contribution in [0.2, 0.25) is 0 Å². The number of ether oxygens (including phenoxy) is 1. The summed E-state index contributed by atoms with van der Waals surface area (Å²) in [4.78, 5) is 2.16. The quantitative estimate of drug-likeness (QED) is 0.826. The maximum absolute atomic E-state index is 13.2. The predicted octanol–water partition coefficient (Wildman–Crippen LogP) is 1.63. The van der Waals surface area contributed by atoms with Crippen LogP contribution in [-0.2, 0) is 0 Å². The van der Waals surface area contributed by atoms with Crippen LogP contribution in [0.3, 0.4) is 0 Å². The van der Waals surface area contributed by atoms with Gasteiger partial charge in [0.1, 0.15) is 11.6 Å². The Morgan fingerprint density at radius 2 is 2.31 bits per heavy atom. The summed E-state index contributed by atoms with van der Waals surface area (Å²) in [7, 11) is 1.61. The van der Waals surface area contributed by atoms with E-state index in [1.165, 1.54) is 12.1 Å². The van der Waals surface area contributed by atoms with E-state index >= 15 is 0 Å². The van der Waals surface area contributed by atoms with Gasteiger partial charge < -0.3 is 15.0 Å². The highest BCUT2D eigenvalue weighted by atomic mass is 19.1. The first-order valence-corrected chi connectivity index (χ1v) is 5.52. The molecule has 0 aliphatic carbocycles. The van der Waals surface area contributed by atoms with Gasteiger partial charge in [-0.1, -0.05) is 0 Å². The van der Waals surface area contributed by atoms with E-state index in [1.54, 1.807) is 13.2 Å². The SMILES string of the molecule is COc1ccc(F)cc1N1CCNC(C)C1. The van der Waals surface area contributed by atoms with E-state index < -0.39 is 0 Å². The Morgan fingerprint density at radius 3 is 3.00 bits per heavy atom. The monoisotopic (exact) mass is 224 g/mol. The fourth-order valence-electron chi connectivity index (χ4n) is 2.06. The van der Waals surface area contributed by atoms with Gasteiger partial charge in [0, 0.05) is 31.7 Å². The van der Waals surface area contributed by atoms with Crippen molar-refractivity contribution in [1.29, 1.82) is 0 Å². The number of halogens is 1. The standard InChI is InChI=1S/C12H17FN2O/c1-9-8-15(6-5-14-9)11-7-10(13)3-4-12(11)16-2/h3-4,7,9,14H,5-6,8H2,1-2H3. The van der Waals surface area contributed by atoms with Gasteiger partial charge in [-0.25, -0.2) is 4.39 Å². The maximum atomic E-state index is 13.2. The molecule has 1 unspecified atom stereocenters. The first-order valence-electron chi connectivity index (χ1n) is 5.52. The van der Waals surface area contributed by atoms with Crippen LogP contribution < -0.4 is 15.0 Å². The summed E-state index contributed by atoms with van der Waals surface area (Å²) in [6.07, 6.45) is 0. The second-order valence-corrected chi connectivity index (χ2v) is 4.12. The molecular weight excluding hydrogens is 207 g/mol. The number of rotatable bonds is 2. The Kier molecular flexibility index (Phi) is 3.29. The van der Waals surface area contributed by atoms with Crippen molar-refractivity contribution in [2.45, 2.75) is 13.0 Å². The summed E-state index contributed by atoms with van der Waals surface area (Å²) in [5.74, 6) is 0.512. The maximum Gasteiger partial charge on any atom is 0.142 e. The molecule has 1 aromatic rings. The first kappa shape index (κ1) is 11.2. The van der Waals surface area contributed by atoms with E-state index in [2.05, 4.69) is 17.1 Å². The Morgan fingerprint density at radius 1 is 1.50 bits per heavy atom. The highest BCUT2D eigenvalue weighted by molar-refractivity contribution is 5.59. The molecule has 1 heterocycles. The molecule has 16 heavy (non-hydrogen) atoms. The van der Waals surface area contributed by atoms with Gasteiger partial charge in [-0.2, -0.15) is 0 Å². The van der Waals surface area contributed by atoms with Crippen molar-refractivity contribution >= 4 is 5.69 Å². The predicted molar refractivity (Wildman–Crippen MR) is 62.6 cm³/mol. The number of anilines is 1. The van der Waals surface area contributed by atoms with Crippen molar-refractivity contribution in [3.05, 3.63) is 24.0 Å². The van der Waals surface area contributed by atoms with Crippen LogP contribution in [-0.4, -0.2) is 32.8 Å². The van der Waals surface area contributed by atoms with Crippen LogP contribution >= 0.6 is 0 Å². The Hall–Kier alpha value is -1.29. The van der Waals surface area contributed by atoms with E-state index in [0.717, 1.165) is 31.1 Å². The third-order valence-corrected chi connectivity index (χ3v) is 2.85. The average Bonchev–Trinajstić information content (AvgIpc) is 2.29. The molecule has 1 fully saturated rings. The third-order valence-electron chi connectivity index (χ3n) is 2.85. The van der Waals surface area contributed by atoms with Crippen LogP contribution in [0.25, 0.3) is 0 Å². The summed E-state index contributed by atoms with van der Waals surface area (Å²) in [6.45, 7) is 4.79. The van der Waals surface area contributed by atoms with E-state index in [9.17, 15) is 4.39 Å². The lowest BCUT2D eigenvalue weighted by Gasteiger charge is -2.34. The van der Waals surface area contributed by atoms with Gasteiger partial charge in [0.05, 0.1) is 12.8 Å². The molecule has 1 saturated heterocycles. The van der Waals surface area contributed by atoms with Crippen molar-refractivity contribution in [1.82, 2.24) is 5.32 Å².